The van der Waals surface area contributed by atoms with Crippen molar-refractivity contribution in [2.24, 2.45) is 5.92 Å². The normalized spacial score (nSPS) is 19.7. The second-order valence-corrected chi connectivity index (χ2v) is 10.3. The molecule has 1 amide bonds. The van der Waals surface area contributed by atoms with E-state index in [1.54, 1.807) is 5.32 Å². The molecule has 6 nitrogen and oxygen atoms in total. The highest BCUT2D eigenvalue weighted by atomic mass is 32.2. The molecule has 1 aromatic rings. The van der Waals surface area contributed by atoms with E-state index < -0.39 is 74.1 Å². The summed E-state index contributed by atoms with van der Waals surface area (Å²) in [6.07, 6.45) is -4.55. The molecule has 2 saturated carbocycles. The Morgan fingerprint density at radius 2 is 1.81 bits per heavy atom. The quantitative estimate of drug-likeness (QED) is 0.416. The molecule has 0 aliphatic heterocycles. The summed E-state index contributed by atoms with van der Waals surface area (Å²) in [4.78, 5) is 12.3. The van der Waals surface area contributed by atoms with Crippen LogP contribution in [0.25, 0.3) is 0 Å². The molecule has 2 fully saturated rings. The van der Waals surface area contributed by atoms with Crippen molar-refractivity contribution in [1.82, 2.24) is 10.6 Å². The van der Waals surface area contributed by atoms with Gasteiger partial charge in [-0.25, -0.2) is 21.6 Å². The van der Waals surface area contributed by atoms with Crippen molar-refractivity contribution in [2.75, 3.05) is 5.75 Å². The van der Waals surface area contributed by atoms with Gasteiger partial charge in [0.2, 0.25) is 5.91 Å². The van der Waals surface area contributed by atoms with Gasteiger partial charge in [0.15, 0.2) is 27.3 Å². The van der Waals surface area contributed by atoms with Crippen LogP contribution in [0.4, 0.5) is 26.3 Å². The molecule has 0 spiro atoms. The Morgan fingerprint density at radius 1 is 1.19 bits per heavy atom. The van der Waals surface area contributed by atoms with E-state index in [9.17, 15) is 39.6 Å². The lowest BCUT2D eigenvalue weighted by molar-refractivity contribution is -0.159. The van der Waals surface area contributed by atoms with Crippen molar-refractivity contribution in [2.45, 2.75) is 55.2 Å². The predicted octanol–water partition coefficient (Wildman–Crippen LogP) is 3.01. The lowest BCUT2D eigenvalue weighted by atomic mass is 10.0. The average Bonchev–Trinajstić information content (AvgIpc) is 3.61. The minimum absolute atomic E-state index is 0.273. The van der Waals surface area contributed by atoms with Crippen LogP contribution in [0.15, 0.2) is 12.1 Å². The standard InChI is InChI=1S/C19H19F6N3O3S/c20-12-4-3-11(15(21)16(12)22)17(19(23,24)25)27-14(32(30,31)8-10-1-2-10)7-13(29)28-18(9-26)5-6-18/h3-4,10,14,17,27H,1-2,5-8H2,(H,28,29)/t14-,17-/m1/s1. The zero-order chi connectivity index (χ0) is 23.9. The minimum atomic E-state index is -5.31. The number of nitrogens with one attached hydrogen (secondary N) is 2. The molecule has 3 rings (SSSR count). The van der Waals surface area contributed by atoms with Gasteiger partial charge in [-0.15, -0.1) is 0 Å². The zero-order valence-corrected chi connectivity index (χ0v) is 17.3. The highest BCUT2D eigenvalue weighted by Gasteiger charge is 2.48. The number of alkyl halides is 3. The van der Waals surface area contributed by atoms with Crippen molar-refractivity contribution in [3.8, 4) is 6.07 Å². The van der Waals surface area contributed by atoms with E-state index >= 15 is 0 Å². The molecular weight excluding hydrogens is 464 g/mol. The Bertz CT molecular complexity index is 1050. The Kier molecular flexibility index (Phi) is 6.50. The van der Waals surface area contributed by atoms with Gasteiger partial charge < -0.3 is 5.32 Å². The lowest BCUT2D eigenvalue weighted by Gasteiger charge is -2.28. The first kappa shape index (κ1) is 24.3. The summed E-state index contributed by atoms with van der Waals surface area (Å²) in [7, 11) is -4.34. The van der Waals surface area contributed by atoms with E-state index in [-0.39, 0.29) is 5.92 Å². The number of nitrogens with zero attached hydrogens (tertiary/aromatic N) is 1. The fourth-order valence-corrected chi connectivity index (χ4v) is 5.18. The van der Waals surface area contributed by atoms with Gasteiger partial charge >= 0.3 is 6.18 Å². The second-order valence-electron chi connectivity index (χ2n) is 8.11. The molecule has 2 aliphatic carbocycles. The Labute approximate surface area is 179 Å². The third-order valence-corrected chi connectivity index (χ3v) is 7.47. The van der Waals surface area contributed by atoms with Gasteiger partial charge in [0.1, 0.15) is 17.0 Å². The Hall–Kier alpha value is -2.33. The number of amides is 1. The fourth-order valence-electron chi connectivity index (χ4n) is 3.21. The maximum absolute atomic E-state index is 14.1. The predicted molar refractivity (Wildman–Crippen MR) is 98.9 cm³/mol. The van der Waals surface area contributed by atoms with Gasteiger partial charge in [0.05, 0.1) is 18.2 Å². The monoisotopic (exact) mass is 483 g/mol. The third-order valence-electron chi connectivity index (χ3n) is 5.37. The number of rotatable bonds is 9. The first-order valence-corrected chi connectivity index (χ1v) is 11.4. The van der Waals surface area contributed by atoms with E-state index in [4.69, 9.17) is 5.26 Å². The largest absolute Gasteiger partial charge is 0.408 e. The van der Waals surface area contributed by atoms with E-state index in [0.29, 0.717) is 37.8 Å². The zero-order valence-electron chi connectivity index (χ0n) is 16.5. The van der Waals surface area contributed by atoms with E-state index in [1.165, 1.54) is 0 Å². The van der Waals surface area contributed by atoms with Crippen molar-refractivity contribution in [1.29, 1.82) is 5.26 Å². The molecule has 2 aliphatic rings. The van der Waals surface area contributed by atoms with Crippen molar-refractivity contribution < 1.29 is 39.6 Å². The van der Waals surface area contributed by atoms with Crippen LogP contribution in [-0.2, 0) is 14.6 Å². The summed E-state index contributed by atoms with van der Waals surface area (Å²) in [5, 5.41) is 11.0. The molecule has 0 saturated heterocycles. The van der Waals surface area contributed by atoms with Crippen molar-refractivity contribution >= 4 is 15.7 Å². The molecule has 2 N–H and O–H groups in total. The van der Waals surface area contributed by atoms with Crippen LogP contribution in [0, 0.1) is 34.7 Å². The molecular formula is C19H19F6N3O3S. The van der Waals surface area contributed by atoms with Crippen LogP contribution in [0.5, 0.6) is 0 Å². The summed E-state index contributed by atoms with van der Waals surface area (Å²) >= 11 is 0. The molecule has 176 valence electrons. The molecule has 13 heteroatoms. The number of halogens is 6. The van der Waals surface area contributed by atoms with Crippen LogP contribution >= 0.6 is 0 Å². The first-order valence-electron chi connectivity index (χ1n) is 9.68. The van der Waals surface area contributed by atoms with Crippen molar-refractivity contribution in [3.63, 3.8) is 0 Å². The van der Waals surface area contributed by atoms with Crippen molar-refractivity contribution in [3.05, 3.63) is 35.1 Å². The number of benzene rings is 1. The van der Waals surface area contributed by atoms with Gasteiger partial charge in [-0.05, 0) is 37.7 Å². The van der Waals surface area contributed by atoms with Crippen LogP contribution in [-0.4, -0.2) is 37.2 Å². The Morgan fingerprint density at radius 3 is 2.31 bits per heavy atom. The van der Waals surface area contributed by atoms with Gasteiger partial charge in [-0.2, -0.15) is 18.4 Å². The molecule has 0 aromatic heterocycles. The lowest BCUT2D eigenvalue weighted by Crippen LogP contribution is -2.49. The van der Waals surface area contributed by atoms with E-state index in [0.717, 1.165) is 0 Å². The van der Waals surface area contributed by atoms with Gasteiger partial charge in [-0.1, -0.05) is 6.07 Å². The minimum Gasteiger partial charge on any atom is -0.338 e. The topological polar surface area (TPSA) is 99.1 Å². The van der Waals surface area contributed by atoms with E-state index in [1.807, 2.05) is 6.07 Å². The molecule has 0 unspecified atom stereocenters. The molecule has 0 heterocycles. The summed E-state index contributed by atoms with van der Waals surface area (Å²) in [5.41, 5.74) is -2.53. The maximum Gasteiger partial charge on any atom is 0.408 e. The maximum atomic E-state index is 14.1. The van der Waals surface area contributed by atoms with Crippen LogP contribution in [0.1, 0.15) is 43.7 Å². The third kappa shape index (κ3) is 5.53. The van der Waals surface area contributed by atoms with E-state index in [2.05, 4.69) is 5.32 Å². The van der Waals surface area contributed by atoms with Crippen LogP contribution in [0.2, 0.25) is 0 Å². The van der Waals surface area contributed by atoms with Gasteiger partial charge in [-0.3, -0.25) is 10.1 Å². The van der Waals surface area contributed by atoms with Gasteiger partial charge in [0, 0.05) is 5.56 Å². The number of sulfone groups is 1. The average molecular weight is 483 g/mol. The number of hydrogen-bond acceptors (Lipinski definition) is 5. The molecule has 0 bridgehead atoms. The smallest absolute Gasteiger partial charge is 0.338 e. The molecule has 2 atom stereocenters. The van der Waals surface area contributed by atoms with Crippen LogP contribution < -0.4 is 10.6 Å². The number of nitriles is 1. The van der Waals surface area contributed by atoms with Crippen LogP contribution in [0.3, 0.4) is 0 Å². The number of hydrogen-bond donors (Lipinski definition) is 2. The fraction of sp³-hybridized carbons (Fsp3) is 0.579. The Balaban J connectivity index is 1.92. The molecule has 32 heavy (non-hydrogen) atoms. The summed E-state index contributed by atoms with van der Waals surface area (Å²) < 4.78 is 108. The number of carbonyl (C=O) groups is 1. The summed E-state index contributed by atoms with van der Waals surface area (Å²) in [6, 6.07) is -0.544. The van der Waals surface area contributed by atoms with Gasteiger partial charge in [0.25, 0.3) is 0 Å². The summed E-state index contributed by atoms with van der Waals surface area (Å²) in [6.45, 7) is 0. The number of carbonyl (C=O) groups excluding carboxylic acids is 1. The highest BCUT2D eigenvalue weighted by Crippen LogP contribution is 2.38. The highest BCUT2D eigenvalue weighted by molar-refractivity contribution is 7.92. The second kappa shape index (κ2) is 8.55. The molecule has 1 aromatic carbocycles. The first-order chi connectivity index (χ1) is 14.8. The molecule has 0 radical (unpaired) electrons. The summed E-state index contributed by atoms with van der Waals surface area (Å²) in [5.74, 6) is -7.72. The SMILES string of the molecule is N#CC1(NC(=O)C[C@H](N[C@H](c2ccc(F)c(F)c2F)C(F)(F)F)S(=O)(=O)CC2CC2)CC1.